The number of benzene rings is 1. The Morgan fingerprint density at radius 2 is 2.36 bits per heavy atom. The summed E-state index contributed by atoms with van der Waals surface area (Å²) in [4.78, 5) is 10.7. The van der Waals surface area contributed by atoms with Gasteiger partial charge in [0.1, 0.15) is 5.75 Å². The molecule has 3 heteroatoms. The molecule has 0 aliphatic rings. The highest BCUT2D eigenvalue weighted by molar-refractivity contribution is 9.09. The first-order chi connectivity index (χ1) is 6.81. The summed E-state index contributed by atoms with van der Waals surface area (Å²) >= 11 is 3.20. The van der Waals surface area contributed by atoms with Crippen molar-refractivity contribution < 1.29 is 9.53 Å². The van der Waals surface area contributed by atoms with E-state index in [0.29, 0.717) is 16.6 Å². The molecule has 0 amide bonds. The highest BCUT2D eigenvalue weighted by Crippen LogP contribution is 2.17. The van der Waals surface area contributed by atoms with E-state index in [9.17, 15) is 4.79 Å². The summed E-state index contributed by atoms with van der Waals surface area (Å²) in [5, 5.41) is 0.620. The number of methoxy groups -OCH3 is 1. The maximum atomic E-state index is 10.7. The summed E-state index contributed by atoms with van der Waals surface area (Å²) in [7, 11) is 1.53. The van der Waals surface area contributed by atoms with Gasteiger partial charge in [-0.05, 0) is 18.2 Å². The molecule has 72 valence electrons. The Bertz CT molecular complexity index is 388. The van der Waals surface area contributed by atoms with Crippen LogP contribution in [0.15, 0.2) is 18.2 Å². The predicted octanol–water partition coefficient (Wildman–Crippen LogP) is 2.25. The first-order valence-corrected chi connectivity index (χ1v) is 5.12. The van der Waals surface area contributed by atoms with Gasteiger partial charge in [-0.1, -0.05) is 27.8 Å². The molecule has 0 fully saturated rings. The molecule has 0 N–H and O–H groups in total. The van der Waals surface area contributed by atoms with Crippen LogP contribution < -0.4 is 4.74 Å². The summed E-state index contributed by atoms with van der Waals surface area (Å²) in [6.45, 7) is 0. The van der Waals surface area contributed by atoms with Crippen molar-refractivity contribution in [3.63, 3.8) is 0 Å². The van der Waals surface area contributed by atoms with Crippen LogP contribution in [0, 0.1) is 11.8 Å². The van der Waals surface area contributed by atoms with Crippen LogP contribution in [-0.2, 0) is 0 Å². The van der Waals surface area contributed by atoms with E-state index in [-0.39, 0.29) is 0 Å². The van der Waals surface area contributed by atoms with Crippen molar-refractivity contribution in [3.05, 3.63) is 29.3 Å². The molecule has 1 rings (SSSR count). The Morgan fingerprint density at radius 1 is 1.57 bits per heavy atom. The molecule has 0 heterocycles. The van der Waals surface area contributed by atoms with Gasteiger partial charge in [-0.3, -0.25) is 4.79 Å². The van der Waals surface area contributed by atoms with Crippen LogP contribution in [0.4, 0.5) is 0 Å². The van der Waals surface area contributed by atoms with Crippen molar-refractivity contribution >= 4 is 22.2 Å². The van der Waals surface area contributed by atoms with Crippen molar-refractivity contribution in [2.75, 3.05) is 12.4 Å². The molecular weight excluding hydrogens is 244 g/mol. The number of rotatable bonds is 2. The van der Waals surface area contributed by atoms with Crippen molar-refractivity contribution in [3.8, 4) is 17.6 Å². The van der Waals surface area contributed by atoms with Crippen LogP contribution in [0.3, 0.4) is 0 Å². The van der Waals surface area contributed by atoms with Gasteiger partial charge in [0.2, 0.25) is 0 Å². The number of carbonyl (C=O) groups excluding carboxylic acids is 1. The van der Waals surface area contributed by atoms with Gasteiger partial charge in [-0.2, -0.15) is 0 Å². The van der Waals surface area contributed by atoms with Gasteiger partial charge in [0.15, 0.2) is 6.29 Å². The first kappa shape index (κ1) is 10.8. The molecule has 0 saturated carbocycles. The first-order valence-electron chi connectivity index (χ1n) is 4.00. The van der Waals surface area contributed by atoms with E-state index in [1.165, 1.54) is 7.11 Å². The van der Waals surface area contributed by atoms with Gasteiger partial charge < -0.3 is 4.74 Å². The van der Waals surface area contributed by atoms with Crippen LogP contribution in [0.5, 0.6) is 5.75 Å². The Hall–Kier alpha value is -1.27. The quantitative estimate of drug-likeness (QED) is 0.459. The van der Waals surface area contributed by atoms with E-state index in [1.807, 2.05) is 6.07 Å². The average molecular weight is 253 g/mol. The predicted molar refractivity (Wildman–Crippen MR) is 59.1 cm³/mol. The lowest BCUT2D eigenvalue weighted by Gasteiger charge is -2.02. The number of halogens is 1. The van der Waals surface area contributed by atoms with Gasteiger partial charge >= 0.3 is 0 Å². The highest BCUT2D eigenvalue weighted by atomic mass is 79.9. The smallest absolute Gasteiger partial charge is 0.153 e. The summed E-state index contributed by atoms with van der Waals surface area (Å²) in [6, 6.07) is 5.27. The van der Waals surface area contributed by atoms with Gasteiger partial charge in [-0.15, -0.1) is 0 Å². The summed E-state index contributed by atoms with van der Waals surface area (Å²) < 4.78 is 5.01. The van der Waals surface area contributed by atoms with Crippen molar-refractivity contribution in [1.82, 2.24) is 0 Å². The number of aldehydes is 1. The third-order valence-electron chi connectivity index (χ3n) is 1.66. The van der Waals surface area contributed by atoms with E-state index in [0.717, 1.165) is 11.8 Å². The molecule has 0 atom stereocenters. The molecule has 0 spiro atoms. The van der Waals surface area contributed by atoms with E-state index in [2.05, 4.69) is 27.8 Å². The molecule has 0 radical (unpaired) electrons. The third-order valence-corrected chi connectivity index (χ3v) is 1.94. The topological polar surface area (TPSA) is 26.3 Å². The minimum atomic E-state index is 0.522. The summed E-state index contributed by atoms with van der Waals surface area (Å²) in [5.74, 6) is 6.35. The molecule has 0 aliphatic heterocycles. The molecule has 0 aliphatic carbocycles. The Labute approximate surface area is 91.4 Å². The van der Waals surface area contributed by atoms with Gasteiger partial charge in [0.25, 0.3) is 0 Å². The maximum absolute atomic E-state index is 10.7. The third kappa shape index (κ3) is 2.61. The SMILES string of the molecule is COc1ccc(C#CCBr)cc1C=O. The molecule has 0 aromatic heterocycles. The van der Waals surface area contributed by atoms with Crippen molar-refractivity contribution in [2.24, 2.45) is 0 Å². The number of carbonyl (C=O) groups is 1. The molecule has 14 heavy (non-hydrogen) atoms. The van der Waals surface area contributed by atoms with E-state index < -0.39 is 0 Å². The number of alkyl halides is 1. The van der Waals surface area contributed by atoms with E-state index >= 15 is 0 Å². The normalized spacial score (nSPS) is 8.71. The van der Waals surface area contributed by atoms with Crippen LogP contribution in [0.25, 0.3) is 0 Å². The lowest BCUT2D eigenvalue weighted by atomic mass is 10.1. The largest absolute Gasteiger partial charge is 0.496 e. The lowest BCUT2D eigenvalue weighted by molar-refractivity contribution is 0.112. The summed E-state index contributed by atoms with van der Waals surface area (Å²) in [5.41, 5.74) is 1.33. The zero-order valence-electron chi connectivity index (χ0n) is 7.71. The molecule has 0 saturated heterocycles. The van der Waals surface area contributed by atoms with Gasteiger partial charge in [-0.25, -0.2) is 0 Å². The highest BCUT2D eigenvalue weighted by Gasteiger charge is 2.01. The van der Waals surface area contributed by atoms with Gasteiger partial charge in [0, 0.05) is 5.56 Å². The van der Waals surface area contributed by atoms with E-state index in [1.54, 1.807) is 12.1 Å². The number of hydrogen-bond donors (Lipinski definition) is 0. The zero-order chi connectivity index (χ0) is 10.4. The van der Waals surface area contributed by atoms with Crippen LogP contribution >= 0.6 is 15.9 Å². The molecule has 0 unspecified atom stereocenters. The molecule has 1 aromatic carbocycles. The number of ether oxygens (including phenoxy) is 1. The van der Waals surface area contributed by atoms with Crippen LogP contribution in [0.1, 0.15) is 15.9 Å². The average Bonchev–Trinajstić information content (AvgIpc) is 2.25. The lowest BCUT2D eigenvalue weighted by Crippen LogP contribution is -1.90. The molecular formula is C11H9BrO2. The minimum Gasteiger partial charge on any atom is -0.496 e. The standard InChI is InChI=1S/C11H9BrO2/c1-14-11-5-4-9(3-2-6-12)7-10(11)8-13/h4-5,7-8H,6H2,1H3. The molecule has 0 bridgehead atoms. The van der Waals surface area contributed by atoms with Crippen molar-refractivity contribution in [2.45, 2.75) is 0 Å². The molecule has 1 aromatic rings. The second-order valence-electron chi connectivity index (χ2n) is 2.51. The minimum absolute atomic E-state index is 0.522. The fourth-order valence-corrected chi connectivity index (χ4v) is 1.18. The number of hydrogen-bond acceptors (Lipinski definition) is 2. The van der Waals surface area contributed by atoms with Crippen LogP contribution in [0.2, 0.25) is 0 Å². The Kier molecular flexibility index (Phi) is 4.21. The maximum Gasteiger partial charge on any atom is 0.153 e. The zero-order valence-corrected chi connectivity index (χ0v) is 9.30. The Morgan fingerprint density at radius 3 is 2.93 bits per heavy atom. The fraction of sp³-hybridized carbons (Fsp3) is 0.182. The second-order valence-corrected chi connectivity index (χ2v) is 3.07. The van der Waals surface area contributed by atoms with Gasteiger partial charge in [0.05, 0.1) is 18.0 Å². The molecule has 2 nitrogen and oxygen atoms in total. The van der Waals surface area contributed by atoms with E-state index in [4.69, 9.17) is 4.74 Å². The Balaban J connectivity index is 3.07. The second kappa shape index (κ2) is 5.46. The fourth-order valence-electron chi connectivity index (χ4n) is 1.04. The van der Waals surface area contributed by atoms with Crippen LogP contribution in [-0.4, -0.2) is 18.7 Å². The monoisotopic (exact) mass is 252 g/mol. The van der Waals surface area contributed by atoms with Crippen molar-refractivity contribution in [1.29, 1.82) is 0 Å². The summed E-state index contributed by atoms with van der Waals surface area (Å²) in [6.07, 6.45) is 0.762.